The van der Waals surface area contributed by atoms with Gasteiger partial charge in [-0.2, -0.15) is 0 Å². The standard InChI is InChI=1S/C20H18ClNOS2/c21-17-10-8-16(9-11-17)20(15-5-2-1-3-6-15)25-14-19(23)22-13-18-7-4-12-24-18/h1-12,20H,13-14H2,(H,22,23)/t20-/m1/s1. The van der Waals surface area contributed by atoms with Gasteiger partial charge in [-0.3, -0.25) is 4.79 Å². The normalized spacial score (nSPS) is 11.9. The van der Waals surface area contributed by atoms with Crippen LogP contribution in [0.25, 0.3) is 0 Å². The van der Waals surface area contributed by atoms with Gasteiger partial charge in [0.25, 0.3) is 0 Å². The van der Waals surface area contributed by atoms with E-state index in [1.807, 2.05) is 60.0 Å². The molecule has 128 valence electrons. The number of carbonyl (C=O) groups is 1. The number of benzene rings is 2. The summed E-state index contributed by atoms with van der Waals surface area (Å²) in [5.74, 6) is 0.460. The molecule has 0 saturated heterocycles. The first-order valence-electron chi connectivity index (χ1n) is 7.93. The Bertz CT molecular complexity index is 788. The molecular formula is C20H18ClNOS2. The van der Waals surface area contributed by atoms with E-state index in [0.717, 1.165) is 10.4 Å². The molecule has 25 heavy (non-hydrogen) atoms. The molecule has 0 fully saturated rings. The molecule has 0 aliphatic rings. The van der Waals surface area contributed by atoms with Crippen LogP contribution in [-0.4, -0.2) is 11.7 Å². The summed E-state index contributed by atoms with van der Waals surface area (Å²) in [6, 6.07) is 22.1. The number of carbonyl (C=O) groups excluding carboxylic acids is 1. The largest absolute Gasteiger partial charge is 0.350 e. The van der Waals surface area contributed by atoms with Gasteiger partial charge in [-0.05, 0) is 34.7 Å². The first-order valence-corrected chi connectivity index (χ1v) is 10.2. The summed E-state index contributed by atoms with van der Waals surface area (Å²) < 4.78 is 0. The highest BCUT2D eigenvalue weighted by molar-refractivity contribution is 8.00. The van der Waals surface area contributed by atoms with E-state index in [1.54, 1.807) is 23.1 Å². The van der Waals surface area contributed by atoms with Gasteiger partial charge in [0, 0.05) is 9.90 Å². The highest BCUT2D eigenvalue weighted by Crippen LogP contribution is 2.35. The third-order valence-corrected chi connectivity index (χ3v) is 6.13. The molecule has 3 aromatic rings. The Morgan fingerprint density at radius 2 is 1.72 bits per heavy atom. The van der Waals surface area contributed by atoms with Crippen molar-refractivity contribution in [1.29, 1.82) is 0 Å². The summed E-state index contributed by atoms with van der Waals surface area (Å²) in [6.45, 7) is 0.591. The Morgan fingerprint density at radius 3 is 2.40 bits per heavy atom. The van der Waals surface area contributed by atoms with Crippen molar-refractivity contribution in [2.45, 2.75) is 11.8 Å². The summed E-state index contributed by atoms with van der Waals surface area (Å²) >= 11 is 9.29. The topological polar surface area (TPSA) is 29.1 Å². The average molecular weight is 388 g/mol. The van der Waals surface area contributed by atoms with Crippen LogP contribution in [0.3, 0.4) is 0 Å². The molecule has 2 aromatic carbocycles. The number of rotatable bonds is 7. The SMILES string of the molecule is O=C(CS[C@H](c1ccccc1)c1ccc(Cl)cc1)NCc1cccs1. The van der Waals surface area contributed by atoms with E-state index in [1.165, 1.54) is 5.56 Å². The minimum atomic E-state index is 0.0493. The monoisotopic (exact) mass is 387 g/mol. The zero-order valence-corrected chi connectivity index (χ0v) is 15.9. The molecule has 3 rings (SSSR count). The first-order chi connectivity index (χ1) is 12.2. The molecule has 1 aromatic heterocycles. The van der Waals surface area contributed by atoms with E-state index in [9.17, 15) is 4.79 Å². The van der Waals surface area contributed by atoms with Gasteiger partial charge >= 0.3 is 0 Å². The number of nitrogens with one attached hydrogen (secondary N) is 1. The van der Waals surface area contributed by atoms with E-state index >= 15 is 0 Å². The van der Waals surface area contributed by atoms with Gasteiger partial charge in [-0.1, -0.05) is 60.1 Å². The Morgan fingerprint density at radius 1 is 1.00 bits per heavy atom. The Balaban J connectivity index is 1.65. The molecule has 2 nitrogen and oxygen atoms in total. The van der Waals surface area contributed by atoms with Gasteiger partial charge in [-0.15, -0.1) is 23.1 Å². The van der Waals surface area contributed by atoms with Crippen LogP contribution < -0.4 is 5.32 Å². The number of amides is 1. The van der Waals surface area contributed by atoms with Crippen LogP contribution in [0, 0.1) is 0 Å². The van der Waals surface area contributed by atoms with Crippen LogP contribution in [0.4, 0.5) is 0 Å². The maximum atomic E-state index is 12.2. The average Bonchev–Trinajstić information content (AvgIpc) is 3.16. The van der Waals surface area contributed by atoms with E-state index in [4.69, 9.17) is 11.6 Å². The quantitative estimate of drug-likeness (QED) is 0.576. The first kappa shape index (κ1) is 18.1. The molecule has 0 spiro atoms. The molecule has 0 radical (unpaired) electrons. The lowest BCUT2D eigenvalue weighted by molar-refractivity contribution is -0.118. The zero-order chi connectivity index (χ0) is 17.5. The summed E-state index contributed by atoms with van der Waals surface area (Å²) in [7, 11) is 0. The molecule has 0 aliphatic carbocycles. The Kier molecular flexibility index (Phi) is 6.56. The summed E-state index contributed by atoms with van der Waals surface area (Å²) in [5.41, 5.74) is 2.33. The Hall–Kier alpha value is -1.75. The van der Waals surface area contributed by atoms with Crippen molar-refractivity contribution in [3.05, 3.63) is 93.1 Å². The predicted octanol–water partition coefficient (Wildman–Crippen LogP) is 5.54. The van der Waals surface area contributed by atoms with Crippen LogP contribution in [-0.2, 0) is 11.3 Å². The van der Waals surface area contributed by atoms with Gasteiger partial charge in [0.1, 0.15) is 0 Å². The number of hydrogen-bond donors (Lipinski definition) is 1. The molecular weight excluding hydrogens is 370 g/mol. The van der Waals surface area contributed by atoms with E-state index in [0.29, 0.717) is 17.3 Å². The van der Waals surface area contributed by atoms with E-state index in [2.05, 4.69) is 17.4 Å². The fourth-order valence-corrected chi connectivity index (χ4v) is 4.35. The van der Waals surface area contributed by atoms with E-state index < -0.39 is 0 Å². The summed E-state index contributed by atoms with van der Waals surface area (Å²) in [4.78, 5) is 13.4. The summed E-state index contributed by atoms with van der Waals surface area (Å²) in [5, 5.41) is 5.82. The Labute approximate surface area is 161 Å². The minimum Gasteiger partial charge on any atom is -0.350 e. The number of halogens is 1. The van der Waals surface area contributed by atoms with Crippen LogP contribution in [0.5, 0.6) is 0 Å². The van der Waals surface area contributed by atoms with Crippen molar-refractivity contribution < 1.29 is 4.79 Å². The van der Waals surface area contributed by atoms with Crippen molar-refractivity contribution in [3.8, 4) is 0 Å². The maximum Gasteiger partial charge on any atom is 0.230 e. The third-order valence-electron chi connectivity index (χ3n) is 3.70. The van der Waals surface area contributed by atoms with Crippen LogP contribution >= 0.6 is 34.7 Å². The third kappa shape index (κ3) is 5.36. The van der Waals surface area contributed by atoms with Gasteiger partial charge in [-0.25, -0.2) is 0 Å². The highest BCUT2D eigenvalue weighted by Gasteiger charge is 2.16. The van der Waals surface area contributed by atoms with Crippen LogP contribution in [0.15, 0.2) is 72.1 Å². The van der Waals surface area contributed by atoms with Crippen molar-refractivity contribution in [2.24, 2.45) is 0 Å². The van der Waals surface area contributed by atoms with Gasteiger partial charge < -0.3 is 5.32 Å². The van der Waals surface area contributed by atoms with E-state index in [-0.39, 0.29) is 11.2 Å². The van der Waals surface area contributed by atoms with Crippen LogP contribution in [0.2, 0.25) is 5.02 Å². The van der Waals surface area contributed by atoms with Gasteiger partial charge in [0.2, 0.25) is 5.91 Å². The molecule has 5 heteroatoms. The predicted molar refractivity (Wildman–Crippen MR) is 108 cm³/mol. The smallest absolute Gasteiger partial charge is 0.230 e. The number of hydrogen-bond acceptors (Lipinski definition) is 3. The lowest BCUT2D eigenvalue weighted by Crippen LogP contribution is -2.24. The maximum absolute atomic E-state index is 12.2. The summed E-state index contributed by atoms with van der Waals surface area (Å²) in [6.07, 6.45) is 0. The van der Waals surface area contributed by atoms with Crippen molar-refractivity contribution in [1.82, 2.24) is 5.32 Å². The number of thioether (sulfide) groups is 1. The second kappa shape index (κ2) is 9.09. The molecule has 0 bridgehead atoms. The molecule has 0 aliphatic heterocycles. The molecule has 1 amide bonds. The molecule has 1 N–H and O–H groups in total. The van der Waals surface area contributed by atoms with Gasteiger partial charge in [0.15, 0.2) is 0 Å². The minimum absolute atomic E-state index is 0.0493. The second-order valence-electron chi connectivity index (χ2n) is 5.51. The van der Waals surface area contributed by atoms with Crippen molar-refractivity contribution in [2.75, 3.05) is 5.75 Å². The van der Waals surface area contributed by atoms with Crippen molar-refractivity contribution in [3.63, 3.8) is 0 Å². The second-order valence-corrected chi connectivity index (χ2v) is 8.07. The molecule has 1 heterocycles. The fraction of sp³-hybridized carbons (Fsp3) is 0.150. The van der Waals surface area contributed by atoms with Crippen molar-refractivity contribution >= 4 is 40.6 Å². The van der Waals surface area contributed by atoms with Gasteiger partial charge in [0.05, 0.1) is 17.5 Å². The zero-order valence-electron chi connectivity index (χ0n) is 13.5. The molecule has 1 atom stereocenters. The fourth-order valence-electron chi connectivity index (χ4n) is 2.46. The lowest BCUT2D eigenvalue weighted by atomic mass is 10.0. The highest BCUT2D eigenvalue weighted by atomic mass is 35.5. The molecule has 0 saturated carbocycles. The molecule has 0 unspecified atom stereocenters. The van der Waals surface area contributed by atoms with Crippen LogP contribution in [0.1, 0.15) is 21.3 Å². The number of thiophene rings is 1. The lowest BCUT2D eigenvalue weighted by Gasteiger charge is -2.17.